The van der Waals surface area contributed by atoms with Gasteiger partial charge in [-0.05, 0) is 176 Å². The number of aliphatic hydroxyl groups is 1. The number of allylic oxidation sites excluding steroid dienone is 1. The molecule has 0 spiro atoms. The van der Waals surface area contributed by atoms with Gasteiger partial charge in [-0.3, -0.25) is 29.1 Å². The fraction of sp³-hybridized carbons (Fsp3) is 0.118. The number of aromatic nitrogens is 13. The highest BCUT2D eigenvalue weighted by molar-refractivity contribution is 9.10. The molecule has 1 aliphatic heterocycles. The van der Waals surface area contributed by atoms with E-state index < -0.39 is 11.6 Å². The van der Waals surface area contributed by atoms with Crippen LogP contribution in [0.3, 0.4) is 0 Å². The molecular weight excluding hydrogens is 1740 g/mol. The number of carbonyl (C=O) groups excluding carboxylic acids is 3. The number of carboxylic acid groups (broad SMARTS) is 1. The summed E-state index contributed by atoms with van der Waals surface area (Å²) in [5, 5.41) is 42.5. The van der Waals surface area contributed by atoms with Crippen LogP contribution in [0.2, 0.25) is 13.4 Å². The predicted molar refractivity (Wildman–Crippen MR) is 469 cm³/mol. The maximum atomic E-state index is 11.9. The average molecular weight is 1810 g/mol. The summed E-state index contributed by atoms with van der Waals surface area (Å²) >= 11 is 28.3. The molecule has 1 aliphatic rings. The van der Waals surface area contributed by atoms with Crippen molar-refractivity contribution >= 4 is 136 Å². The number of rotatable bonds is 17. The number of benzene rings is 7. The van der Waals surface area contributed by atoms with Crippen molar-refractivity contribution in [1.82, 2.24) is 74.0 Å². The van der Waals surface area contributed by atoms with Crippen LogP contribution in [-0.4, -0.2) is 149 Å². The van der Waals surface area contributed by atoms with E-state index >= 15 is 0 Å². The topological polar surface area (TPSA) is 274 Å². The Bertz CT molecular complexity index is 5720. The Labute approximate surface area is 719 Å². The number of halogens is 5. The summed E-state index contributed by atoms with van der Waals surface area (Å²) in [5.74, 6) is -0.911. The predicted octanol–water partition coefficient (Wildman–Crippen LogP) is 19.9. The van der Waals surface area contributed by atoms with E-state index in [4.69, 9.17) is 49.6 Å². The minimum atomic E-state index is -1.13. The molecule has 7 aromatic carbocycles. The van der Waals surface area contributed by atoms with Crippen LogP contribution in [0.5, 0.6) is 0 Å². The largest absolute Gasteiger partial charge is 0.478 e. The van der Waals surface area contributed by atoms with E-state index in [0.29, 0.717) is 40.5 Å². The van der Waals surface area contributed by atoms with E-state index in [2.05, 4.69) is 103 Å². The quantitative estimate of drug-likeness (QED) is 0.0633. The number of carboxylic acids is 1. The summed E-state index contributed by atoms with van der Waals surface area (Å²) in [6.45, 7) is 10.5. The zero-order valence-corrected chi connectivity index (χ0v) is 71.8. The first-order chi connectivity index (χ1) is 56.4. The van der Waals surface area contributed by atoms with Gasteiger partial charge in [0.25, 0.3) is 11.8 Å². The molecule has 2 unspecified atom stereocenters. The van der Waals surface area contributed by atoms with Gasteiger partial charge in [-0.2, -0.15) is 25.5 Å². The molecule has 32 heteroatoms. The molecule has 0 saturated carbocycles. The van der Waals surface area contributed by atoms with Gasteiger partial charge >= 0.3 is 5.97 Å². The Kier molecular flexibility index (Phi) is 34.4. The Morgan fingerprint density at radius 2 is 0.915 bits per heavy atom. The SMILES string of the molecule is C1=CCN=C1.C=C(c1cccc(-n2cccn2)c1)c1cnc(Cl)s1.CC(=O)c1cccc(-n2cccn2)c1.CC(O)(c1cccc(-n2cccn2)c1)c1cnc(Cl)s1.CC(c1cccc(-n2cccn2)c1)c1cnc(Cl)s1.CON(C)C(=O)c1cccc(-n2cccn2)c1.CON(C)C(=O)c1cccc(Br)c1.O=C(O)c1cccc(Br)c1. The maximum absolute atomic E-state index is 11.9. The minimum absolute atomic E-state index is 0.0685. The van der Waals surface area contributed by atoms with Crippen LogP contribution >= 0.6 is 101 Å². The lowest BCUT2D eigenvalue weighted by Gasteiger charge is -2.22. The summed E-state index contributed by atoms with van der Waals surface area (Å²) in [5.41, 5.74) is 9.67. The van der Waals surface area contributed by atoms with Gasteiger partial charge in [0.15, 0.2) is 19.2 Å². The van der Waals surface area contributed by atoms with Crippen molar-refractivity contribution in [2.75, 3.05) is 34.9 Å². The van der Waals surface area contributed by atoms with E-state index in [0.717, 1.165) is 65.5 Å². The summed E-state index contributed by atoms with van der Waals surface area (Å²) in [6.07, 6.45) is 29.0. The molecular formula is C85H77Br2Cl3N16O8S3. The first-order valence-corrected chi connectivity index (χ1v) is 40.4. The fourth-order valence-corrected chi connectivity index (χ4v) is 14.1. The summed E-state index contributed by atoms with van der Waals surface area (Å²) in [4.78, 5) is 73.3. The van der Waals surface area contributed by atoms with Crippen molar-refractivity contribution in [3.63, 3.8) is 0 Å². The molecule has 0 radical (unpaired) electrons. The lowest BCUT2D eigenvalue weighted by molar-refractivity contribution is -0.0757. The van der Waals surface area contributed by atoms with Crippen LogP contribution in [0.4, 0.5) is 0 Å². The van der Waals surface area contributed by atoms with Crippen LogP contribution in [0.25, 0.3) is 34.0 Å². The second-order valence-electron chi connectivity index (χ2n) is 24.6. The minimum Gasteiger partial charge on any atom is -0.478 e. The van der Waals surface area contributed by atoms with E-state index in [-0.39, 0.29) is 23.5 Å². The lowest BCUT2D eigenvalue weighted by Crippen LogP contribution is -2.25. The van der Waals surface area contributed by atoms with Crippen molar-refractivity contribution < 1.29 is 39.1 Å². The Morgan fingerprint density at radius 3 is 1.31 bits per heavy atom. The molecule has 2 N–H and O–H groups in total. The van der Waals surface area contributed by atoms with Crippen LogP contribution in [0.15, 0.2) is 313 Å². The van der Waals surface area contributed by atoms with E-state index in [1.807, 2.05) is 186 Å². The van der Waals surface area contributed by atoms with Gasteiger partial charge in [0.05, 0.1) is 64.5 Å². The van der Waals surface area contributed by atoms with Gasteiger partial charge in [0.2, 0.25) is 0 Å². The number of hydrogen-bond donors (Lipinski definition) is 2. The number of ketones is 1. The van der Waals surface area contributed by atoms with Gasteiger partial charge in [0, 0.05) is 137 Å². The number of carbonyl (C=O) groups is 4. The molecule has 598 valence electrons. The second kappa shape index (κ2) is 45.1. The van der Waals surface area contributed by atoms with Crippen molar-refractivity contribution in [2.24, 2.45) is 4.99 Å². The molecule has 0 fully saturated rings. The Balaban J connectivity index is 0.000000156. The van der Waals surface area contributed by atoms with Crippen LogP contribution in [-0.2, 0) is 15.3 Å². The summed E-state index contributed by atoms with van der Waals surface area (Å²) in [6, 6.07) is 61.7. The number of Topliss-reactive ketones (excluding diaryl/α,β-unsaturated/α-hetero) is 1. The molecule has 0 bridgehead atoms. The number of thiazole rings is 3. The molecule has 15 aromatic rings. The number of amides is 2. The fourth-order valence-electron chi connectivity index (χ4n) is 10.3. The van der Waals surface area contributed by atoms with Crippen LogP contribution in [0.1, 0.15) is 99.4 Å². The average Bonchev–Trinajstić information content (AvgIpc) is 1.77. The Morgan fingerprint density at radius 1 is 0.513 bits per heavy atom. The first-order valence-electron chi connectivity index (χ1n) is 35.2. The van der Waals surface area contributed by atoms with Crippen molar-refractivity contribution in [3.05, 3.63) is 375 Å². The Hall–Kier alpha value is -11.6. The number of aliphatic imine (C=N–C) groups is 1. The molecule has 24 nitrogen and oxygen atoms in total. The summed E-state index contributed by atoms with van der Waals surface area (Å²) < 4.78 is 12.0. The second-order valence-corrected chi connectivity index (χ2v) is 31.3. The van der Waals surface area contributed by atoms with Crippen LogP contribution < -0.4 is 0 Å². The monoisotopic (exact) mass is 1810 g/mol. The van der Waals surface area contributed by atoms with E-state index in [1.54, 1.807) is 152 Å². The molecule has 2 atom stereocenters. The highest BCUT2D eigenvalue weighted by Gasteiger charge is 2.29. The number of hydroxylamine groups is 4. The normalized spacial score (nSPS) is 11.5. The van der Waals surface area contributed by atoms with Gasteiger partial charge in [-0.25, -0.2) is 53.3 Å². The molecule has 8 aromatic heterocycles. The lowest BCUT2D eigenvalue weighted by atomic mass is 9.94. The third-order valence-electron chi connectivity index (χ3n) is 16.6. The number of hydrogen-bond acceptors (Lipinski definition) is 19. The smallest absolute Gasteiger partial charge is 0.335 e. The third-order valence-corrected chi connectivity index (χ3v) is 21.4. The zero-order valence-electron chi connectivity index (χ0n) is 63.9. The van der Waals surface area contributed by atoms with Crippen molar-refractivity contribution in [1.29, 1.82) is 0 Å². The van der Waals surface area contributed by atoms with E-state index in [1.165, 1.54) is 68.8 Å². The zero-order chi connectivity index (χ0) is 83.8. The molecule has 117 heavy (non-hydrogen) atoms. The van der Waals surface area contributed by atoms with E-state index in [9.17, 15) is 24.3 Å². The van der Waals surface area contributed by atoms with Gasteiger partial charge in [0.1, 0.15) is 5.60 Å². The van der Waals surface area contributed by atoms with Gasteiger partial charge in [-0.15, -0.1) is 34.0 Å². The van der Waals surface area contributed by atoms with Gasteiger partial charge < -0.3 is 10.2 Å². The first kappa shape index (κ1) is 89.4. The van der Waals surface area contributed by atoms with Crippen molar-refractivity contribution in [3.8, 4) is 28.4 Å². The highest BCUT2D eigenvalue weighted by Crippen LogP contribution is 2.36. The van der Waals surface area contributed by atoms with Crippen molar-refractivity contribution in [2.45, 2.75) is 32.3 Å². The van der Waals surface area contributed by atoms with Crippen LogP contribution in [0, 0.1) is 0 Å². The molecule has 9 heterocycles. The standard InChI is InChI=1S/C14H12ClN3OS.C14H12ClN3S.C14H10ClN3S.C12H13N3O2.C11H10N2O.C9H10BrNO2.C7H5BrO2.C4H5N/c1-14(19,12-9-16-13(15)20-12)10-4-2-5-11(8-10)18-7-3-6-17-18;2*1-10(13-9-16-14(15)19-13)11-4-2-5-12(8-11)18-7-3-6-17-18;1-14(17-2)12(16)10-5-3-6-11(9-10)15-8-4-7-13-15;1-9(14)10-4-2-5-11(8-10)13-7-3-6-12-13;1-11(13-2)9(12)7-4-3-5-8(10)6-7;8-6-3-1-2-5(4-6)7(9)10;1-2-4-5-3-1/h2-9,19H,1H3;2-10H,1H3;2-9H,1H2;3-9H,1-2H3;2-8H,1H3;3-6H,1-2H3;1-4H,(H,9,10);1-3H,4H2. The summed E-state index contributed by atoms with van der Waals surface area (Å²) in [7, 11) is 6.05. The third kappa shape index (κ3) is 27.0. The van der Waals surface area contributed by atoms with Gasteiger partial charge in [-0.1, -0.05) is 153 Å². The molecule has 16 rings (SSSR count). The maximum Gasteiger partial charge on any atom is 0.335 e. The molecule has 0 saturated heterocycles. The molecule has 2 amide bonds. The molecule has 0 aliphatic carbocycles. The highest BCUT2D eigenvalue weighted by atomic mass is 79.9. The number of nitrogens with zero attached hydrogens (tertiary/aromatic N) is 16. The number of aromatic carboxylic acids is 1.